The highest BCUT2D eigenvalue weighted by Gasteiger charge is 2.42. The third-order valence-electron chi connectivity index (χ3n) is 1.85. The van der Waals surface area contributed by atoms with Crippen LogP contribution >= 0.6 is 0 Å². The number of imide groups is 1. The van der Waals surface area contributed by atoms with E-state index in [0.717, 1.165) is 0 Å². The Morgan fingerprint density at radius 1 is 1.40 bits per heavy atom. The molecule has 0 bridgehead atoms. The second-order valence-electron chi connectivity index (χ2n) is 3.32. The van der Waals surface area contributed by atoms with Crippen LogP contribution in [0.25, 0.3) is 0 Å². The topological polar surface area (TPSA) is 37.4 Å². The fourth-order valence-corrected chi connectivity index (χ4v) is 1.14. The summed E-state index contributed by atoms with van der Waals surface area (Å²) >= 11 is 0. The van der Waals surface area contributed by atoms with Gasteiger partial charge in [0.1, 0.15) is 0 Å². The van der Waals surface area contributed by atoms with Gasteiger partial charge in [0, 0.05) is 13.5 Å². The van der Waals surface area contributed by atoms with E-state index in [-0.39, 0.29) is 11.8 Å². The van der Waals surface area contributed by atoms with E-state index >= 15 is 0 Å². The standard InChI is InChI=1S/C7H11NO2/c1-7(2)4-5(9)8(3)6(7)10/h4H2,1-3H3. The Morgan fingerprint density at radius 2 is 1.90 bits per heavy atom. The summed E-state index contributed by atoms with van der Waals surface area (Å²) in [5, 5.41) is 0. The number of amides is 2. The summed E-state index contributed by atoms with van der Waals surface area (Å²) in [4.78, 5) is 23.2. The fourth-order valence-electron chi connectivity index (χ4n) is 1.14. The lowest BCUT2D eigenvalue weighted by atomic mass is 9.92. The van der Waals surface area contributed by atoms with Gasteiger partial charge in [-0.15, -0.1) is 0 Å². The number of rotatable bonds is 0. The van der Waals surface area contributed by atoms with Gasteiger partial charge in [-0.1, -0.05) is 13.8 Å². The van der Waals surface area contributed by atoms with Crippen LogP contribution < -0.4 is 0 Å². The van der Waals surface area contributed by atoms with Crippen molar-refractivity contribution in [1.29, 1.82) is 0 Å². The molecule has 0 aromatic carbocycles. The largest absolute Gasteiger partial charge is 0.285 e. The van der Waals surface area contributed by atoms with Crippen LogP contribution in [0.4, 0.5) is 0 Å². The van der Waals surface area contributed by atoms with Crippen molar-refractivity contribution < 1.29 is 9.59 Å². The van der Waals surface area contributed by atoms with E-state index in [2.05, 4.69) is 0 Å². The van der Waals surface area contributed by atoms with Crippen molar-refractivity contribution in [3.63, 3.8) is 0 Å². The minimum Gasteiger partial charge on any atom is -0.285 e. The Bertz CT molecular complexity index is 196. The number of hydrogen-bond donors (Lipinski definition) is 0. The normalized spacial score (nSPS) is 24.1. The number of nitrogens with zero attached hydrogens (tertiary/aromatic N) is 1. The third kappa shape index (κ3) is 0.818. The maximum absolute atomic E-state index is 11.1. The lowest BCUT2D eigenvalue weighted by Gasteiger charge is -2.12. The van der Waals surface area contributed by atoms with Gasteiger partial charge in [-0.05, 0) is 0 Å². The molecule has 0 aromatic heterocycles. The SMILES string of the molecule is CN1C(=O)CC(C)(C)C1=O. The summed E-state index contributed by atoms with van der Waals surface area (Å²) in [6.07, 6.45) is 0.350. The van der Waals surface area contributed by atoms with Gasteiger partial charge >= 0.3 is 0 Å². The molecule has 3 heteroatoms. The molecule has 0 aromatic rings. The van der Waals surface area contributed by atoms with Gasteiger partial charge in [0.05, 0.1) is 5.41 Å². The highest BCUT2D eigenvalue weighted by molar-refractivity contribution is 6.05. The van der Waals surface area contributed by atoms with E-state index in [4.69, 9.17) is 0 Å². The Hall–Kier alpha value is -0.860. The molecule has 3 nitrogen and oxygen atoms in total. The van der Waals surface area contributed by atoms with Crippen molar-refractivity contribution in [1.82, 2.24) is 4.90 Å². The molecule has 1 rings (SSSR count). The zero-order valence-electron chi connectivity index (χ0n) is 6.47. The Morgan fingerprint density at radius 3 is 2.00 bits per heavy atom. The molecule has 10 heavy (non-hydrogen) atoms. The van der Waals surface area contributed by atoms with E-state index in [1.807, 2.05) is 0 Å². The van der Waals surface area contributed by atoms with Crippen LogP contribution in [-0.2, 0) is 9.59 Å². The Kier molecular flexibility index (Phi) is 1.31. The van der Waals surface area contributed by atoms with Crippen molar-refractivity contribution in [2.45, 2.75) is 20.3 Å². The molecule has 2 amide bonds. The molecule has 0 aliphatic carbocycles. The number of carbonyl (C=O) groups excluding carboxylic acids is 2. The summed E-state index contributed by atoms with van der Waals surface area (Å²) in [6, 6.07) is 0. The lowest BCUT2D eigenvalue weighted by molar-refractivity contribution is -0.139. The smallest absolute Gasteiger partial charge is 0.235 e. The van der Waals surface area contributed by atoms with Gasteiger partial charge in [-0.3, -0.25) is 14.5 Å². The molecule has 56 valence electrons. The van der Waals surface area contributed by atoms with Crippen molar-refractivity contribution >= 4 is 11.8 Å². The number of carbonyl (C=O) groups is 2. The van der Waals surface area contributed by atoms with Gasteiger partial charge in [-0.25, -0.2) is 0 Å². The number of hydrogen-bond acceptors (Lipinski definition) is 2. The van der Waals surface area contributed by atoms with Crippen molar-refractivity contribution in [2.75, 3.05) is 7.05 Å². The summed E-state index contributed by atoms with van der Waals surface area (Å²) in [5.41, 5.74) is -0.466. The summed E-state index contributed by atoms with van der Waals surface area (Å²) in [6.45, 7) is 3.58. The van der Waals surface area contributed by atoms with E-state index in [1.165, 1.54) is 11.9 Å². The molecule has 0 atom stereocenters. The fraction of sp³-hybridized carbons (Fsp3) is 0.714. The van der Waals surface area contributed by atoms with Crippen molar-refractivity contribution in [3.8, 4) is 0 Å². The highest BCUT2D eigenvalue weighted by atomic mass is 16.2. The predicted octanol–water partition coefficient (Wildman–Crippen LogP) is 0.401. The molecule has 0 N–H and O–H groups in total. The van der Waals surface area contributed by atoms with Crippen LogP contribution in [0.15, 0.2) is 0 Å². The van der Waals surface area contributed by atoms with E-state index in [9.17, 15) is 9.59 Å². The maximum atomic E-state index is 11.1. The zero-order valence-corrected chi connectivity index (χ0v) is 6.47. The van der Waals surface area contributed by atoms with Crippen molar-refractivity contribution in [2.24, 2.45) is 5.41 Å². The monoisotopic (exact) mass is 141 g/mol. The Labute approximate surface area is 60.0 Å². The second-order valence-corrected chi connectivity index (χ2v) is 3.32. The van der Waals surface area contributed by atoms with E-state index < -0.39 is 5.41 Å². The molecular formula is C7H11NO2. The summed E-state index contributed by atoms with van der Waals surface area (Å²) < 4.78 is 0. The van der Waals surface area contributed by atoms with Gasteiger partial charge in [0.2, 0.25) is 11.8 Å². The van der Waals surface area contributed by atoms with Gasteiger partial charge < -0.3 is 0 Å². The average Bonchev–Trinajstić information content (AvgIpc) is 1.95. The third-order valence-corrected chi connectivity index (χ3v) is 1.85. The minimum atomic E-state index is -0.466. The van der Waals surface area contributed by atoms with Gasteiger partial charge in [-0.2, -0.15) is 0 Å². The first-order valence-corrected chi connectivity index (χ1v) is 3.26. The lowest BCUT2D eigenvalue weighted by Crippen LogP contribution is -2.28. The number of likely N-dealkylation sites (tertiary alicyclic amines) is 1. The van der Waals surface area contributed by atoms with Gasteiger partial charge in [0.25, 0.3) is 0 Å². The minimum absolute atomic E-state index is 0.0718. The first-order chi connectivity index (χ1) is 4.45. The average molecular weight is 141 g/mol. The highest BCUT2D eigenvalue weighted by Crippen LogP contribution is 2.29. The molecule has 1 aliphatic rings. The first-order valence-electron chi connectivity index (χ1n) is 3.26. The molecule has 1 fully saturated rings. The van der Waals surface area contributed by atoms with Crippen LogP contribution in [0.2, 0.25) is 0 Å². The van der Waals surface area contributed by atoms with Crippen LogP contribution in [0.5, 0.6) is 0 Å². The first kappa shape index (κ1) is 7.25. The Balaban J connectivity index is 2.92. The molecule has 1 saturated heterocycles. The molecule has 0 radical (unpaired) electrons. The van der Waals surface area contributed by atoms with Crippen LogP contribution in [0.1, 0.15) is 20.3 Å². The van der Waals surface area contributed by atoms with E-state index in [1.54, 1.807) is 13.8 Å². The molecule has 1 heterocycles. The summed E-state index contributed by atoms with van der Waals surface area (Å²) in [5.74, 6) is -0.146. The molecule has 0 unspecified atom stereocenters. The van der Waals surface area contributed by atoms with Crippen LogP contribution in [0.3, 0.4) is 0 Å². The van der Waals surface area contributed by atoms with E-state index in [0.29, 0.717) is 6.42 Å². The van der Waals surface area contributed by atoms with Crippen LogP contribution in [-0.4, -0.2) is 23.8 Å². The summed E-state index contributed by atoms with van der Waals surface area (Å²) in [7, 11) is 1.53. The predicted molar refractivity (Wildman–Crippen MR) is 36.2 cm³/mol. The molecular weight excluding hydrogens is 130 g/mol. The quantitative estimate of drug-likeness (QED) is 0.458. The molecule has 0 saturated carbocycles. The van der Waals surface area contributed by atoms with Crippen LogP contribution in [0, 0.1) is 5.41 Å². The van der Waals surface area contributed by atoms with Crippen molar-refractivity contribution in [3.05, 3.63) is 0 Å². The maximum Gasteiger partial charge on any atom is 0.235 e. The molecule has 0 spiro atoms. The zero-order chi connectivity index (χ0) is 7.94. The second kappa shape index (κ2) is 1.81. The molecule has 1 aliphatic heterocycles. The van der Waals surface area contributed by atoms with Gasteiger partial charge in [0.15, 0.2) is 0 Å².